The van der Waals surface area contributed by atoms with Crippen LogP contribution in [0.4, 0.5) is 0 Å². The monoisotopic (exact) mass is 842 g/mol. The van der Waals surface area contributed by atoms with Crippen LogP contribution in [0.5, 0.6) is 0 Å². The molecule has 0 rings (SSSR count). The Morgan fingerprint density at radius 1 is 0.552 bits per heavy atom. The number of ether oxygens (including phenoxy) is 1. The number of aliphatic hydroxyl groups is 1. The lowest BCUT2D eigenvalue weighted by atomic mass is 10.1. The van der Waals surface area contributed by atoms with Crippen molar-refractivity contribution in [3.05, 3.63) is 36.5 Å². The van der Waals surface area contributed by atoms with Crippen molar-refractivity contribution in [1.82, 2.24) is 5.32 Å². The maximum atomic E-state index is 12.3. The second kappa shape index (κ2) is 41.4. The lowest BCUT2D eigenvalue weighted by Gasteiger charge is -2.18. The minimum Gasteiger partial charge on any atom is -0.480 e. The number of phosphoric acid groups is 1. The third kappa shape index (κ3) is 40.5. The van der Waals surface area contributed by atoms with Crippen LogP contribution in [0.3, 0.4) is 0 Å². The summed E-state index contributed by atoms with van der Waals surface area (Å²) >= 11 is 0. The van der Waals surface area contributed by atoms with Gasteiger partial charge in [0.05, 0.1) is 13.2 Å². The number of carboxylic acid groups (broad SMARTS) is 1. The van der Waals surface area contributed by atoms with Gasteiger partial charge in [-0.1, -0.05) is 159 Å². The number of phosphoric ester groups is 1. The summed E-state index contributed by atoms with van der Waals surface area (Å²) in [6.45, 7) is 2.56. The van der Waals surface area contributed by atoms with Crippen molar-refractivity contribution in [1.29, 1.82) is 0 Å². The van der Waals surface area contributed by atoms with E-state index in [-0.39, 0.29) is 12.8 Å². The molecule has 3 unspecified atom stereocenters. The number of esters is 1. The van der Waals surface area contributed by atoms with Crippen molar-refractivity contribution >= 4 is 25.7 Å². The molecule has 0 saturated carbocycles. The first kappa shape index (κ1) is 55.7. The Labute approximate surface area is 352 Å². The Hall–Kier alpha value is -2.30. The molecule has 58 heavy (non-hydrogen) atoms. The number of allylic oxidation sites excluding steroid dienone is 6. The Balaban J connectivity index is 3.89. The van der Waals surface area contributed by atoms with E-state index in [1.54, 1.807) is 0 Å². The molecule has 3 atom stereocenters. The Kier molecular flexibility index (Phi) is 39.8. The van der Waals surface area contributed by atoms with Crippen molar-refractivity contribution in [2.24, 2.45) is 0 Å². The highest BCUT2D eigenvalue weighted by Gasteiger charge is 2.28. The third-order valence-corrected chi connectivity index (χ3v) is 10.9. The molecule has 0 aliphatic carbocycles. The lowest BCUT2D eigenvalue weighted by molar-refractivity contribution is -0.147. The molecule has 4 N–H and O–H groups in total. The quantitative estimate of drug-likeness (QED) is 0.0201. The van der Waals surface area contributed by atoms with Crippen molar-refractivity contribution in [2.45, 2.75) is 219 Å². The fraction of sp³-hybridized carbons (Fsp3) is 0.804. The predicted octanol–water partition coefficient (Wildman–Crippen LogP) is 12.0. The van der Waals surface area contributed by atoms with Crippen molar-refractivity contribution in [2.75, 3.05) is 19.8 Å². The van der Waals surface area contributed by atoms with Gasteiger partial charge in [0, 0.05) is 12.8 Å². The molecule has 0 heterocycles. The van der Waals surface area contributed by atoms with Crippen molar-refractivity contribution in [3.63, 3.8) is 0 Å². The number of amides is 1. The normalized spacial score (nSPS) is 14.0. The van der Waals surface area contributed by atoms with E-state index in [4.69, 9.17) is 13.8 Å². The van der Waals surface area contributed by atoms with Gasteiger partial charge in [-0.25, -0.2) is 9.36 Å². The first-order valence-electron chi connectivity index (χ1n) is 23.0. The molecule has 1 amide bonds. The predicted molar refractivity (Wildman–Crippen MR) is 236 cm³/mol. The maximum absolute atomic E-state index is 12.3. The molecule has 0 aliphatic rings. The standard InChI is InChI=1S/C46H84NO10P/c1-3-5-7-9-11-13-15-17-19-20-21-22-24-25-27-29-31-33-35-37-44(49)47-43(46(51)52)41-57-58(53,54)56-40-42(48)39-55-45(50)38-36-34-32-30-28-26-23-18-16-14-12-10-8-6-4-2/h12,14,17-19,23,42-43,48H,3-11,13,15-16,20-22,24-41H2,1-2H3,(H,47,49)(H,51,52)(H,53,54)/b14-12-,19-17+,23-18-. The molecule has 0 aromatic rings. The zero-order valence-corrected chi connectivity index (χ0v) is 37.5. The SMILES string of the molecule is CCCCC/C=C\C/C=C\CCCCCCCC(=O)OCC(O)COP(=O)(O)OCC(NC(=O)CCCCCCCCCCC/C=C/CCCCCCCC)C(=O)O. The van der Waals surface area contributed by atoms with Crippen LogP contribution in [0.1, 0.15) is 206 Å². The summed E-state index contributed by atoms with van der Waals surface area (Å²) < 4.78 is 26.8. The average Bonchev–Trinajstić information content (AvgIpc) is 3.20. The van der Waals surface area contributed by atoms with E-state index in [0.717, 1.165) is 64.2 Å². The molecule has 0 saturated heterocycles. The molecule has 0 aromatic heterocycles. The highest BCUT2D eigenvalue weighted by atomic mass is 31.2. The summed E-state index contributed by atoms with van der Waals surface area (Å²) in [5.41, 5.74) is 0. The first-order valence-corrected chi connectivity index (χ1v) is 24.5. The number of rotatable bonds is 43. The van der Waals surface area contributed by atoms with Gasteiger partial charge in [0.25, 0.3) is 0 Å². The maximum Gasteiger partial charge on any atom is 0.472 e. The summed E-state index contributed by atoms with van der Waals surface area (Å²) in [4.78, 5) is 46.0. The van der Waals surface area contributed by atoms with E-state index in [9.17, 15) is 34.1 Å². The smallest absolute Gasteiger partial charge is 0.472 e. The fourth-order valence-electron chi connectivity index (χ4n) is 6.28. The summed E-state index contributed by atoms with van der Waals surface area (Å²) in [5.74, 6) is -2.39. The Morgan fingerprint density at radius 2 is 0.948 bits per heavy atom. The van der Waals surface area contributed by atoms with Crippen LogP contribution in [0, 0.1) is 0 Å². The second-order valence-electron chi connectivity index (χ2n) is 15.6. The molecule has 0 radical (unpaired) electrons. The van der Waals surface area contributed by atoms with Gasteiger partial charge >= 0.3 is 19.8 Å². The molecule has 0 spiro atoms. The molecular weight excluding hydrogens is 757 g/mol. The van der Waals surface area contributed by atoms with Gasteiger partial charge in [-0.05, 0) is 70.6 Å². The topological polar surface area (TPSA) is 169 Å². The zero-order valence-electron chi connectivity index (χ0n) is 36.6. The number of carbonyl (C=O) groups is 3. The Morgan fingerprint density at radius 3 is 1.45 bits per heavy atom. The highest BCUT2D eigenvalue weighted by molar-refractivity contribution is 7.47. The molecule has 0 aliphatic heterocycles. The number of hydrogen-bond donors (Lipinski definition) is 4. The van der Waals surface area contributed by atoms with Crippen LogP contribution in [0.15, 0.2) is 36.5 Å². The average molecular weight is 842 g/mol. The van der Waals surface area contributed by atoms with Crippen molar-refractivity contribution in [3.8, 4) is 0 Å². The molecule has 0 aromatic carbocycles. The van der Waals surface area contributed by atoms with E-state index < -0.39 is 57.6 Å². The van der Waals surface area contributed by atoms with E-state index >= 15 is 0 Å². The van der Waals surface area contributed by atoms with Crippen LogP contribution < -0.4 is 5.32 Å². The lowest BCUT2D eigenvalue weighted by Crippen LogP contribution is -2.43. The van der Waals surface area contributed by atoms with Gasteiger partial charge in [0.2, 0.25) is 5.91 Å². The van der Waals surface area contributed by atoms with E-state index in [0.29, 0.717) is 12.8 Å². The number of nitrogens with one attached hydrogen (secondary N) is 1. The Bertz CT molecular complexity index is 1130. The number of hydrogen-bond acceptors (Lipinski definition) is 8. The summed E-state index contributed by atoms with van der Waals surface area (Å²) in [5, 5.41) is 21.8. The second-order valence-corrected chi connectivity index (χ2v) is 17.0. The van der Waals surface area contributed by atoms with Crippen LogP contribution in [0.2, 0.25) is 0 Å². The van der Waals surface area contributed by atoms with Gasteiger partial charge in [-0.15, -0.1) is 0 Å². The van der Waals surface area contributed by atoms with Crippen molar-refractivity contribution < 1.29 is 47.8 Å². The zero-order chi connectivity index (χ0) is 42.8. The molecule has 12 heteroatoms. The first-order chi connectivity index (χ1) is 28.1. The molecule has 0 fully saturated rings. The van der Waals surface area contributed by atoms with Gasteiger partial charge in [0.1, 0.15) is 12.7 Å². The minimum atomic E-state index is -4.76. The number of aliphatic hydroxyl groups excluding tert-OH is 1. The van der Waals surface area contributed by atoms with Crippen LogP contribution >= 0.6 is 7.82 Å². The van der Waals surface area contributed by atoms with E-state index in [1.165, 1.54) is 103 Å². The molecular formula is C46H84NO10P. The van der Waals surface area contributed by atoms with Gasteiger partial charge < -0.3 is 25.2 Å². The number of unbranched alkanes of at least 4 members (excludes halogenated alkanes) is 23. The number of carboxylic acids is 1. The number of carbonyl (C=O) groups excluding carboxylic acids is 2. The van der Waals surface area contributed by atoms with Gasteiger partial charge in [-0.3, -0.25) is 18.6 Å². The van der Waals surface area contributed by atoms with E-state index in [2.05, 4.69) is 55.6 Å². The molecule has 11 nitrogen and oxygen atoms in total. The van der Waals surface area contributed by atoms with Gasteiger partial charge in [-0.2, -0.15) is 0 Å². The summed E-state index contributed by atoms with van der Waals surface area (Å²) in [7, 11) is -4.76. The largest absolute Gasteiger partial charge is 0.480 e. The highest BCUT2D eigenvalue weighted by Crippen LogP contribution is 2.43. The minimum absolute atomic E-state index is 0.143. The fourth-order valence-corrected chi connectivity index (χ4v) is 7.05. The van der Waals surface area contributed by atoms with Crippen LogP contribution in [-0.2, 0) is 32.7 Å². The van der Waals surface area contributed by atoms with Gasteiger partial charge in [0.15, 0.2) is 6.04 Å². The van der Waals surface area contributed by atoms with E-state index in [1.807, 2.05) is 0 Å². The number of aliphatic carboxylic acids is 1. The molecule has 0 bridgehead atoms. The third-order valence-electron chi connectivity index (χ3n) is 9.90. The van der Waals surface area contributed by atoms with Crippen LogP contribution in [-0.4, -0.2) is 64.9 Å². The van der Waals surface area contributed by atoms with Crippen LogP contribution in [0.25, 0.3) is 0 Å². The molecule has 338 valence electrons. The summed E-state index contributed by atoms with van der Waals surface area (Å²) in [6, 6.07) is -1.55. The summed E-state index contributed by atoms with van der Waals surface area (Å²) in [6.07, 6.45) is 44.5.